The first-order valence-corrected chi connectivity index (χ1v) is 17.0. The van der Waals surface area contributed by atoms with Crippen LogP contribution in [-0.4, -0.2) is 0 Å². The molecule has 0 radical (unpaired) electrons. The second-order valence-electron chi connectivity index (χ2n) is 11.5. The summed E-state index contributed by atoms with van der Waals surface area (Å²) in [4.78, 5) is 0. The Labute approximate surface area is 269 Å². The quantitative estimate of drug-likeness (QED) is 0.0971. The summed E-state index contributed by atoms with van der Waals surface area (Å²) in [5.74, 6) is 0. The molecule has 0 aliphatic carbocycles. The van der Waals surface area contributed by atoms with Crippen molar-refractivity contribution >= 4 is 45.4 Å². The van der Waals surface area contributed by atoms with Crippen LogP contribution >= 0.6 is 7.92 Å². The molecule has 220 valence electrons. The summed E-state index contributed by atoms with van der Waals surface area (Å²) in [6, 6.07) is 43.3. The molecular weight excluding hydrogens is 559 g/mol. The van der Waals surface area contributed by atoms with Gasteiger partial charge in [0.15, 0.2) is 0 Å². The molecule has 6 aromatic carbocycles. The highest BCUT2D eigenvalue weighted by Gasteiger charge is 2.24. The van der Waals surface area contributed by atoms with Crippen LogP contribution in [0.15, 0.2) is 166 Å². The van der Waals surface area contributed by atoms with Crippen molar-refractivity contribution in [2.75, 3.05) is 0 Å². The zero-order chi connectivity index (χ0) is 31.2. The molecule has 0 N–H and O–H groups in total. The van der Waals surface area contributed by atoms with Crippen LogP contribution in [0.5, 0.6) is 0 Å². The molecule has 45 heavy (non-hydrogen) atoms. The second kappa shape index (κ2) is 13.9. The van der Waals surface area contributed by atoms with E-state index >= 15 is 0 Å². The molecule has 0 atom stereocenters. The highest BCUT2D eigenvalue weighted by molar-refractivity contribution is 7.80. The SMILES string of the molecule is C=CCc1cc(CC=C)cc(P(c2cc(CC=C)cc(CC=C)c2)c2ccc3ccccc3c2-c2cccc3ccccc23)c1. The Bertz CT molecular complexity index is 1910. The molecule has 0 unspecified atom stereocenters. The summed E-state index contributed by atoms with van der Waals surface area (Å²) in [5, 5.41) is 9.10. The third-order valence-corrected chi connectivity index (χ3v) is 10.7. The predicted octanol–water partition coefficient (Wildman–Crippen LogP) is 10.3. The van der Waals surface area contributed by atoms with Gasteiger partial charge in [-0.2, -0.15) is 0 Å². The normalized spacial score (nSPS) is 11.1. The molecule has 0 saturated heterocycles. The lowest BCUT2D eigenvalue weighted by molar-refractivity contribution is 1.21. The van der Waals surface area contributed by atoms with Gasteiger partial charge in [0.25, 0.3) is 0 Å². The first-order valence-electron chi connectivity index (χ1n) is 15.6. The van der Waals surface area contributed by atoms with E-state index in [0.717, 1.165) is 25.7 Å². The molecule has 0 saturated carbocycles. The summed E-state index contributed by atoms with van der Waals surface area (Å²) in [7, 11) is -0.964. The summed E-state index contributed by atoms with van der Waals surface area (Å²) in [6.45, 7) is 16.3. The lowest BCUT2D eigenvalue weighted by atomic mass is 9.94. The molecule has 0 fully saturated rings. The van der Waals surface area contributed by atoms with E-state index in [1.54, 1.807) is 0 Å². The predicted molar refractivity (Wildman–Crippen MR) is 201 cm³/mol. The van der Waals surface area contributed by atoms with Gasteiger partial charge < -0.3 is 0 Å². The molecule has 0 amide bonds. The maximum atomic E-state index is 4.07. The average molecular weight is 599 g/mol. The molecule has 0 spiro atoms. The van der Waals surface area contributed by atoms with Crippen LogP contribution in [0.4, 0.5) is 0 Å². The Balaban J connectivity index is 1.74. The van der Waals surface area contributed by atoms with Crippen molar-refractivity contribution < 1.29 is 0 Å². The minimum absolute atomic E-state index is 0.827. The lowest BCUT2D eigenvalue weighted by Crippen LogP contribution is -2.24. The maximum absolute atomic E-state index is 4.07. The van der Waals surface area contributed by atoms with Gasteiger partial charge in [-0.25, -0.2) is 0 Å². The van der Waals surface area contributed by atoms with Crippen molar-refractivity contribution in [1.29, 1.82) is 0 Å². The van der Waals surface area contributed by atoms with E-state index in [-0.39, 0.29) is 0 Å². The number of rotatable bonds is 12. The van der Waals surface area contributed by atoms with Crippen LogP contribution in [0, 0.1) is 0 Å². The van der Waals surface area contributed by atoms with Gasteiger partial charge in [-0.05, 0) is 104 Å². The van der Waals surface area contributed by atoms with Crippen LogP contribution in [0.2, 0.25) is 0 Å². The number of allylic oxidation sites excluding steroid dienone is 4. The van der Waals surface area contributed by atoms with E-state index in [2.05, 4.69) is 142 Å². The smallest absolute Gasteiger partial charge is 0.00155 e. The van der Waals surface area contributed by atoms with E-state index in [1.807, 2.05) is 24.3 Å². The summed E-state index contributed by atoms with van der Waals surface area (Å²) in [6.07, 6.45) is 11.3. The van der Waals surface area contributed by atoms with E-state index in [1.165, 1.54) is 70.8 Å². The van der Waals surface area contributed by atoms with Crippen molar-refractivity contribution in [2.45, 2.75) is 25.7 Å². The van der Waals surface area contributed by atoms with E-state index < -0.39 is 7.92 Å². The first-order chi connectivity index (χ1) is 22.1. The van der Waals surface area contributed by atoms with Crippen molar-refractivity contribution in [3.05, 3.63) is 188 Å². The summed E-state index contributed by atoms with van der Waals surface area (Å²) in [5.41, 5.74) is 7.73. The van der Waals surface area contributed by atoms with Crippen molar-refractivity contribution in [3.63, 3.8) is 0 Å². The van der Waals surface area contributed by atoms with Crippen molar-refractivity contribution in [2.24, 2.45) is 0 Å². The average Bonchev–Trinajstić information content (AvgIpc) is 3.05. The van der Waals surface area contributed by atoms with Gasteiger partial charge in [0.2, 0.25) is 0 Å². The highest BCUT2D eigenvalue weighted by Crippen LogP contribution is 2.43. The lowest BCUT2D eigenvalue weighted by Gasteiger charge is -2.26. The van der Waals surface area contributed by atoms with Crippen LogP contribution in [0.3, 0.4) is 0 Å². The molecule has 0 nitrogen and oxygen atoms in total. The van der Waals surface area contributed by atoms with Gasteiger partial charge in [-0.3, -0.25) is 0 Å². The Hall–Kier alpha value is -4.77. The van der Waals surface area contributed by atoms with Gasteiger partial charge in [0.05, 0.1) is 0 Å². The molecule has 0 heterocycles. The third kappa shape index (κ3) is 6.39. The van der Waals surface area contributed by atoms with E-state index in [0.29, 0.717) is 0 Å². The third-order valence-electron chi connectivity index (χ3n) is 8.32. The standard InChI is InChI=1S/C44H39P/c1-5-14-32-26-33(15-6-2)29-38(28-32)45(39-30-34(16-7-3)27-35(31-39)17-8-4)43-25-24-37-19-10-12-22-41(37)44(43)42-23-13-20-36-18-9-11-21-40(36)42/h5-13,18-31H,1-4,14-17H2. The van der Waals surface area contributed by atoms with Gasteiger partial charge >= 0.3 is 0 Å². The highest BCUT2D eigenvalue weighted by atomic mass is 31.1. The Morgan fingerprint density at radius 2 is 0.889 bits per heavy atom. The summed E-state index contributed by atoms with van der Waals surface area (Å²) < 4.78 is 0. The topological polar surface area (TPSA) is 0 Å². The fourth-order valence-corrected chi connectivity index (χ4v) is 9.20. The molecule has 0 aliphatic heterocycles. The molecule has 6 rings (SSSR count). The molecule has 0 bridgehead atoms. The van der Waals surface area contributed by atoms with Gasteiger partial charge in [-0.15, -0.1) is 26.3 Å². The second-order valence-corrected chi connectivity index (χ2v) is 13.7. The number of hydrogen-bond acceptors (Lipinski definition) is 0. The van der Waals surface area contributed by atoms with E-state index in [4.69, 9.17) is 0 Å². The van der Waals surface area contributed by atoms with Crippen molar-refractivity contribution in [3.8, 4) is 11.1 Å². The molecule has 1 heteroatoms. The Morgan fingerprint density at radius 1 is 0.444 bits per heavy atom. The number of benzene rings is 6. The van der Waals surface area contributed by atoms with Gasteiger partial charge in [0, 0.05) is 0 Å². The van der Waals surface area contributed by atoms with Crippen LogP contribution < -0.4 is 15.9 Å². The largest absolute Gasteiger partial charge is 0.103 e. The van der Waals surface area contributed by atoms with Gasteiger partial charge in [-0.1, -0.05) is 140 Å². The molecular formula is C44H39P. The minimum atomic E-state index is -0.964. The summed E-state index contributed by atoms with van der Waals surface area (Å²) >= 11 is 0. The molecule has 0 aliphatic rings. The number of hydrogen-bond donors (Lipinski definition) is 0. The van der Waals surface area contributed by atoms with Gasteiger partial charge in [0.1, 0.15) is 0 Å². The zero-order valence-electron chi connectivity index (χ0n) is 25.9. The fourth-order valence-electron chi connectivity index (χ4n) is 6.48. The monoisotopic (exact) mass is 598 g/mol. The Morgan fingerprint density at radius 3 is 1.40 bits per heavy atom. The fraction of sp³-hybridized carbons (Fsp3) is 0.0909. The van der Waals surface area contributed by atoms with Crippen LogP contribution in [0.1, 0.15) is 22.3 Å². The first kappa shape index (κ1) is 30.3. The maximum Gasteiger partial charge on any atom is -0.00155 e. The molecule has 0 aromatic heterocycles. The number of fused-ring (bicyclic) bond motifs is 2. The van der Waals surface area contributed by atoms with Crippen LogP contribution in [0.25, 0.3) is 32.7 Å². The van der Waals surface area contributed by atoms with Crippen LogP contribution in [-0.2, 0) is 25.7 Å². The Kier molecular flexibility index (Phi) is 9.35. The minimum Gasteiger partial charge on any atom is -0.103 e. The van der Waals surface area contributed by atoms with E-state index in [9.17, 15) is 0 Å². The van der Waals surface area contributed by atoms with Crippen molar-refractivity contribution in [1.82, 2.24) is 0 Å². The zero-order valence-corrected chi connectivity index (χ0v) is 26.8. The molecule has 6 aromatic rings.